The molecule has 19 nitrogen and oxygen atoms in total. The molecule has 4 aliphatic rings. The van der Waals surface area contributed by atoms with Gasteiger partial charge in [0.25, 0.3) is 11.5 Å². The molecule has 1 aliphatic carbocycles. The van der Waals surface area contributed by atoms with Crippen LogP contribution in [0.1, 0.15) is 18.9 Å². The number of hydrogen-bond donors (Lipinski definition) is 5. The molecule has 8 rings (SSSR count). The molecule has 258 valence electrons. The molecule has 48 heavy (non-hydrogen) atoms. The van der Waals surface area contributed by atoms with Crippen molar-refractivity contribution in [2.24, 2.45) is 5.41 Å². The van der Waals surface area contributed by atoms with Crippen molar-refractivity contribution in [1.29, 1.82) is 0 Å². The lowest BCUT2D eigenvalue weighted by Gasteiger charge is -2.29. The second-order valence-electron chi connectivity index (χ2n) is 11.4. The SMILES string of the molecule is Nc1nc2c(ncn2[C@@H]2O[C@@H]3COP(O)(=S)O[C@H]4[C@H](n5cnc6c(O)ncnc65)O[C@H](COP(O)(=S)O[C@H]3[C@H]2F)[C@]42CC2(F)F)c(=O)[nH]1. The third-order valence-corrected chi connectivity index (χ3v) is 11.7. The van der Waals surface area contributed by atoms with E-state index >= 15 is 13.2 Å². The standard InChI is InChI=1S/C22H22F3N9O10P2S2/c23-9-12-7(41-18(9)34-6-30-11-15(34)31-20(26)32-17(11)36)1-39-46(38,48)44-13-19(33-5-29-10-14(33)27-4-28-16(10)35)42-8(2-40-45(37,47)43-12)21(13)3-22(21,24)25/h4-9,12-13,18-19H,1-3H2,(H,37,47)(H,38,48)(H,27,28,35)(H3,26,31,32,36)/t7-,8-,9-,12-,13+,18-,19-,21-,45?,46?/m1/s1. The van der Waals surface area contributed by atoms with Gasteiger partial charge in [0.05, 0.1) is 37.4 Å². The van der Waals surface area contributed by atoms with E-state index in [0.717, 1.165) is 23.5 Å². The Balaban J connectivity index is 1.15. The number of aromatic hydroxyl groups is 1. The van der Waals surface area contributed by atoms with Gasteiger partial charge in [0, 0.05) is 6.42 Å². The van der Waals surface area contributed by atoms with Crippen molar-refractivity contribution in [1.82, 2.24) is 39.0 Å². The zero-order chi connectivity index (χ0) is 34.0. The van der Waals surface area contributed by atoms with Crippen molar-refractivity contribution in [3.63, 3.8) is 0 Å². The van der Waals surface area contributed by atoms with Crippen LogP contribution >= 0.6 is 13.4 Å². The Morgan fingerprint density at radius 3 is 2.38 bits per heavy atom. The fourth-order valence-electron chi connectivity index (χ4n) is 6.35. The van der Waals surface area contributed by atoms with E-state index in [2.05, 4.69) is 29.9 Å². The minimum Gasteiger partial charge on any atom is -0.492 e. The van der Waals surface area contributed by atoms with Crippen LogP contribution in [0.25, 0.3) is 22.3 Å². The normalized spacial score (nSPS) is 39.6. The summed E-state index contributed by atoms with van der Waals surface area (Å²) in [6, 6.07) is 0. The number of nitrogens with one attached hydrogen (secondary N) is 1. The number of imidazole rings is 2. The Bertz CT molecular complexity index is 2130. The first-order chi connectivity index (χ1) is 22.6. The summed E-state index contributed by atoms with van der Waals surface area (Å²) in [7, 11) is 0. The van der Waals surface area contributed by atoms with Crippen molar-refractivity contribution in [3.8, 4) is 5.88 Å². The van der Waals surface area contributed by atoms with Gasteiger partial charge in [-0.2, -0.15) is 9.97 Å². The van der Waals surface area contributed by atoms with Crippen LogP contribution in [0.4, 0.5) is 19.1 Å². The summed E-state index contributed by atoms with van der Waals surface area (Å²) in [5, 5.41) is 10.1. The molecule has 6 N–H and O–H groups in total. The lowest BCUT2D eigenvalue weighted by molar-refractivity contribution is -0.0605. The van der Waals surface area contributed by atoms with Crippen LogP contribution in [0, 0.1) is 5.41 Å². The quantitative estimate of drug-likeness (QED) is 0.176. The van der Waals surface area contributed by atoms with Gasteiger partial charge in [-0.1, -0.05) is 0 Å². The van der Waals surface area contributed by atoms with E-state index in [0.29, 0.717) is 0 Å². The number of alkyl halides is 3. The summed E-state index contributed by atoms with van der Waals surface area (Å²) in [6.45, 7) is -10.5. The monoisotopic (exact) mass is 755 g/mol. The molecule has 3 aliphatic heterocycles. The molecule has 26 heteroatoms. The number of nitrogens with zero attached hydrogens (tertiary/aromatic N) is 7. The molecule has 0 radical (unpaired) electrons. The third-order valence-electron chi connectivity index (χ3n) is 8.61. The van der Waals surface area contributed by atoms with Crippen molar-refractivity contribution in [2.45, 2.75) is 55.4 Å². The zero-order valence-corrected chi connectivity index (χ0v) is 27.1. The zero-order valence-electron chi connectivity index (χ0n) is 23.6. The molecule has 1 spiro atoms. The smallest absolute Gasteiger partial charge is 0.325 e. The molecule has 4 aromatic heterocycles. The molecule has 1 saturated carbocycles. The van der Waals surface area contributed by atoms with E-state index in [9.17, 15) is 19.7 Å². The Kier molecular flexibility index (Phi) is 7.36. The highest BCUT2D eigenvalue weighted by molar-refractivity contribution is 8.07. The minimum absolute atomic E-state index is 0.0295. The fraction of sp³-hybridized carbons (Fsp3) is 0.545. The molecule has 3 saturated heterocycles. The first-order valence-corrected chi connectivity index (χ1v) is 19.0. The van der Waals surface area contributed by atoms with Crippen LogP contribution in [-0.4, -0.2) is 104 Å². The van der Waals surface area contributed by atoms with E-state index in [-0.39, 0.29) is 28.3 Å². The maximum absolute atomic E-state index is 16.1. The number of H-pyrrole nitrogens is 1. The minimum atomic E-state index is -4.50. The Morgan fingerprint density at radius 1 is 0.979 bits per heavy atom. The van der Waals surface area contributed by atoms with Gasteiger partial charge < -0.3 is 39.1 Å². The van der Waals surface area contributed by atoms with Crippen molar-refractivity contribution in [3.05, 3.63) is 29.3 Å². The van der Waals surface area contributed by atoms with E-state index in [1.54, 1.807) is 0 Å². The molecule has 4 fully saturated rings. The predicted molar refractivity (Wildman–Crippen MR) is 159 cm³/mol. The highest BCUT2D eigenvalue weighted by Crippen LogP contribution is 2.73. The number of halogens is 3. The molecular formula is C22H22F3N9O10P2S2. The Hall–Kier alpha value is -2.73. The van der Waals surface area contributed by atoms with Crippen molar-refractivity contribution >= 4 is 65.3 Å². The van der Waals surface area contributed by atoms with E-state index in [1.165, 1.54) is 4.57 Å². The van der Waals surface area contributed by atoms with Crippen LogP contribution < -0.4 is 11.3 Å². The number of rotatable bonds is 2. The van der Waals surface area contributed by atoms with Gasteiger partial charge in [-0.05, 0) is 23.6 Å². The lowest BCUT2D eigenvalue weighted by Crippen LogP contribution is -2.37. The van der Waals surface area contributed by atoms with Crippen LogP contribution in [-0.2, 0) is 51.2 Å². The number of fused-ring (bicyclic) bond motifs is 3. The van der Waals surface area contributed by atoms with Gasteiger partial charge in [-0.25, -0.2) is 28.1 Å². The van der Waals surface area contributed by atoms with E-state index in [1.807, 2.05) is 0 Å². The highest BCUT2D eigenvalue weighted by Gasteiger charge is 2.83. The topological polar surface area (TPSA) is 249 Å². The Morgan fingerprint density at radius 2 is 1.65 bits per heavy atom. The molecule has 0 amide bonds. The Labute approximate surface area is 274 Å². The van der Waals surface area contributed by atoms with Crippen LogP contribution in [0.2, 0.25) is 0 Å². The van der Waals surface area contributed by atoms with Gasteiger partial charge >= 0.3 is 13.4 Å². The summed E-state index contributed by atoms with van der Waals surface area (Å²) in [4.78, 5) is 56.5. The largest absolute Gasteiger partial charge is 0.492 e. The summed E-state index contributed by atoms with van der Waals surface area (Å²) < 4.78 is 83.3. The van der Waals surface area contributed by atoms with E-state index in [4.69, 9.17) is 56.9 Å². The fourth-order valence-corrected chi connectivity index (χ4v) is 9.21. The van der Waals surface area contributed by atoms with Crippen LogP contribution in [0.15, 0.2) is 23.8 Å². The molecule has 2 unspecified atom stereocenters. The van der Waals surface area contributed by atoms with Gasteiger partial charge in [0.2, 0.25) is 11.8 Å². The van der Waals surface area contributed by atoms with Gasteiger partial charge in [0.1, 0.15) is 24.6 Å². The molecule has 4 aromatic rings. The lowest BCUT2D eigenvalue weighted by atomic mass is 9.94. The van der Waals surface area contributed by atoms with Gasteiger partial charge in [-0.3, -0.25) is 28.0 Å². The first kappa shape index (κ1) is 32.5. The molecular weight excluding hydrogens is 733 g/mol. The van der Waals surface area contributed by atoms with Crippen molar-refractivity contribution < 1.29 is 55.6 Å². The maximum atomic E-state index is 16.1. The second kappa shape index (κ2) is 10.9. The highest BCUT2D eigenvalue weighted by atomic mass is 32.5. The summed E-state index contributed by atoms with van der Waals surface area (Å²) in [5.41, 5.74) is 2.33. The molecule has 2 bridgehead atoms. The number of nitrogens with two attached hydrogens (primary N) is 1. The van der Waals surface area contributed by atoms with Crippen LogP contribution in [0.3, 0.4) is 0 Å². The third kappa shape index (κ3) is 5.01. The summed E-state index contributed by atoms with van der Waals surface area (Å²) in [5.74, 6) is -4.24. The number of aromatic amines is 1. The molecule has 0 aromatic carbocycles. The average Bonchev–Trinajstić information content (AvgIpc) is 3.49. The number of aromatic nitrogens is 8. The van der Waals surface area contributed by atoms with Gasteiger partial charge in [0.15, 0.2) is 41.0 Å². The van der Waals surface area contributed by atoms with E-state index < -0.39 is 98.9 Å². The maximum Gasteiger partial charge on any atom is 0.325 e. The van der Waals surface area contributed by atoms with Crippen molar-refractivity contribution in [2.75, 3.05) is 18.9 Å². The summed E-state index contributed by atoms with van der Waals surface area (Å²) in [6.07, 6.45) is -9.39. The van der Waals surface area contributed by atoms with Crippen LogP contribution in [0.5, 0.6) is 5.88 Å². The summed E-state index contributed by atoms with van der Waals surface area (Å²) >= 11 is 10.4. The average molecular weight is 756 g/mol. The second-order valence-corrected chi connectivity index (χ2v) is 16.9. The van der Waals surface area contributed by atoms with Gasteiger partial charge in [-0.15, -0.1) is 0 Å². The number of nitrogen functional groups attached to an aromatic ring is 1. The number of anilines is 1. The first-order valence-electron chi connectivity index (χ1n) is 13.8. The number of hydrogen-bond acceptors (Lipinski definition) is 16. The number of ether oxygens (including phenoxy) is 2. The molecule has 7 heterocycles. The molecule has 10 atom stereocenters. The predicted octanol–water partition coefficient (Wildman–Crippen LogP) is 0.656.